The average Bonchev–Trinajstić information content (AvgIpc) is 2.92. The van der Waals surface area contributed by atoms with Crippen molar-refractivity contribution in [1.29, 1.82) is 0 Å². The average molecular weight is 383 g/mol. The number of rotatable bonds is 2. The van der Waals surface area contributed by atoms with Crippen LogP contribution in [0, 0.1) is 0 Å². The first kappa shape index (κ1) is 17.4. The molecule has 0 bridgehead atoms. The number of halogens is 2. The molecule has 1 saturated carbocycles. The molecule has 1 aromatic heterocycles. The Hall–Kier alpha value is -1.04. The van der Waals surface area contributed by atoms with Crippen LogP contribution >= 0.6 is 23.2 Å². The summed E-state index contributed by atoms with van der Waals surface area (Å²) in [5.74, 6) is 0.977. The minimum absolute atomic E-state index is 0.259. The fourth-order valence-electron chi connectivity index (χ4n) is 4.54. The third kappa shape index (κ3) is 3.22. The molecule has 1 N–H and O–H groups in total. The van der Waals surface area contributed by atoms with Crippen LogP contribution in [-0.2, 0) is 4.79 Å². The third-order valence-corrected chi connectivity index (χ3v) is 6.34. The van der Waals surface area contributed by atoms with Crippen LogP contribution in [-0.4, -0.2) is 47.1 Å². The summed E-state index contributed by atoms with van der Waals surface area (Å²) in [6.07, 6.45) is 9.47. The zero-order chi connectivity index (χ0) is 17.4. The highest BCUT2D eigenvalue weighted by Crippen LogP contribution is 2.35. The van der Waals surface area contributed by atoms with Crippen LogP contribution in [0.3, 0.4) is 0 Å². The van der Waals surface area contributed by atoms with Crippen molar-refractivity contribution in [2.24, 2.45) is 0 Å². The lowest BCUT2D eigenvalue weighted by molar-refractivity contribution is -0.135. The summed E-state index contributed by atoms with van der Waals surface area (Å²) in [5, 5.41) is 4.61. The molecule has 3 aliphatic rings. The molecule has 1 amide bonds. The second kappa shape index (κ2) is 6.93. The lowest BCUT2D eigenvalue weighted by atomic mass is 9.87. The molecule has 1 aliphatic carbocycles. The van der Waals surface area contributed by atoms with E-state index < -0.39 is 5.54 Å². The van der Waals surface area contributed by atoms with Crippen molar-refractivity contribution in [3.63, 3.8) is 0 Å². The van der Waals surface area contributed by atoms with Crippen LogP contribution in [0.1, 0.15) is 44.9 Å². The molecular weight excluding hydrogens is 359 g/mol. The van der Waals surface area contributed by atoms with E-state index >= 15 is 0 Å². The SMILES string of the molecule is O=C1N(C2CCCCC2)CNC12CCCN(c1ncc(Cl)cc1Cl)C2. The Bertz CT molecular complexity index is 664. The second-order valence-corrected chi connectivity index (χ2v) is 8.31. The van der Waals surface area contributed by atoms with E-state index in [4.69, 9.17) is 23.2 Å². The van der Waals surface area contributed by atoms with Crippen molar-refractivity contribution < 1.29 is 4.79 Å². The molecule has 1 spiro atoms. The fraction of sp³-hybridized carbons (Fsp3) is 0.667. The van der Waals surface area contributed by atoms with E-state index in [2.05, 4.69) is 20.1 Å². The van der Waals surface area contributed by atoms with Crippen molar-refractivity contribution in [1.82, 2.24) is 15.2 Å². The summed E-state index contributed by atoms with van der Waals surface area (Å²) in [4.78, 5) is 21.9. The normalized spacial score (nSPS) is 28.2. The van der Waals surface area contributed by atoms with Gasteiger partial charge in [-0.1, -0.05) is 42.5 Å². The molecule has 25 heavy (non-hydrogen) atoms. The van der Waals surface area contributed by atoms with E-state index in [-0.39, 0.29) is 5.91 Å². The molecule has 4 rings (SSSR count). The molecule has 0 aromatic carbocycles. The van der Waals surface area contributed by atoms with Crippen LogP contribution in [0.15, 0.2) is 12.3 Å². The van der Waals surface area contributed by atoms with E-state index in [9.17, 15) is 4.79 Å². The monoisotopic (exact) mass is 382 g/mol. The quantitative estimate of drug-likeness (QED) is 0.850. The zero-order valence-electron chi connectivity index (χ0n) is 14.3. The molecular formula is C18H24Cl2N4O. The van der Waals surface area contributed by atoms with Gasteiger partial charge in [-0.3, -0.25) is 10.1 Å². The maximum atomic E-state index is 13.3. The molecule has 3 fully saturated rings. The zero-order valence-corrected chi connectivity index (χ0v) is 15.8. The van der Waals surface area contributed by atoms with Gasteiger partial charge in [-0.25, -0.2) is 4.98 Å². The van der Waals surface area contributed by atoms with Crippen LogP contribution in [0.25, 0.3) is 0 Å². The number of amides is 1. The van der Waals surface area contributed by atoms with E-state index in [1.54, 1.807) is 12.3 Å². The molecule has 1 unspecified atom stereocenters. The number of hydrogen-bond acceptors (Lipinski definition) is 4. The number of anilines is 1. The van der Waals surface area contributed by atoms with Crippen molar-refractivity contribution in [3.05, 3.63) is 22.3 Å². The second-order valence-electron chi connectivity index (χ2n) is 7.47. The summed E-state index contributed by atoms with van der Waals surface area (Å²) in [6.45, 7) is 2.14. The molecule has 2 aliphatic heterocycles. The first-order chi connectivity index (χ1) is 12.1. The largest absolute Gasteiger partial charge is 0.353 e. The number of carbonyl (C=O) groups is 1. The van der Waals surface area contributed by atoms with Crippen molar-refractivity contribution in [3.8, 4) is 0 Å². The number of nitrogens with zero attached hydrogens (tertiary/aromatic N) is 3. The predicted octanol–water partition coefficient (Wildman–Crippen LogP) is 3.45. The predicted molar refractivity (Wildman–Crippen MR) is 100 cm³/mol. The smallest absolute Gasteiger partial charge is 0.246 e. The lowest BCUT2D eigenvalue weighted by Gasteiger charge is -2.40. The minimum Gasteiger partial charge on any atom is -0.353 e. The molecule has 3 heterocycles. The molecule has 7 heteroatoms. The summed E-state index contributed by atoms with van der Waals surface area (Å²) in [6, 6.07) is 2.12. The Kier molecular flexibility index (Phi) is 4.82. The van der Waals surface area contributed by atoms with Gasteiger partial charge in [-0.2, -0.15) is 0 Å². The molecule has 5 nitrogen and oxygen atoms in total. The van der Waals surface area contributed by atoms with Gasteiger partial charge in [0.25, 0.3) is 0 Å². The van der Waals surface area contributed by atoms with E-state index in [0.717, 1.165) is 38.0 Å². The van der Waals surface area contributed by atoms with Gasteiger partial charge in [0.1, 0.15) is 11.4 Å². The van der Waals surface area contributed by atoms with Gasteiger partial charge in [0.05, 0.1) is 16.7 Å². The topological polar surface area (TPSA) is 48.5 Å². The maximum absolute atomic E-state index is 13.3. The maximum Gasteiger partial charge on any atom is 0.246 e. The number of carbonyl (C=O) groups excluding carboxylic acids is 1. The van der Waals surface area contributed by atoms with Gasteiger partial charge in [0.15, 0.2) is 0 Å². The molecule has 1 aromatic rings. The van der Waals surface area contributed by atoms with E-state index in [1.165, 1.54) is 19.3 Å². The van der Waals surface area contributed by atoms with Crippen molar-refractivity contribution in [2.75, 3.05) is 24.7 Å². The number of aromatic nitrogens is 1. The van der Waals surface area contributed by atoms with Gasteiger partial charge in [-0.05, 0) is 31.7 Å². The van der Waals surface area contributed by atoms with Crippen LogP contribution < -0.4 is 10.2 Å². The first-order valence-electron chi connectivity index (χ1n) is 9.21. The van der Waals surface area contributed by atoms with Gasteiger partial charge in [0.2, 0.25) is 5.91 Å². The van der Waals surface area contributed by atoms with E-state index in [1.807, 2.05) is 0 Å². The number of piperidine rings is 1. The van der Waals surface area contributed by atoms with Gasteiger partial charge in [-0.15, -0.1) is 0 Å². The van der Waals surface area contributed by atoms with Crippen LogP contribution in [0.4, 0.5) is 5.82 Å². The Morgan fingerprint density at radius 2 is 2.00 bits per heavy atom. The molecule has 136 valence electrons. The Labute approximate surface area is 158 Å². The van der Waals surface area contributed by atoms with Crippen molar-refractivity contribution in [2.45, 2.75) is 56.5 Å². The molecule has 2 saturated heterocycles. The standard InChI is InChI=1S/C18H24Cl2N4O/c19-13-9-15(20)16(21-10-13)23-8-4-7-18(11-23)17(25)24(12-22-18)14-5-2-1-3-6-14/h9-10,14,22H,1-8,11-12H2. The Balaban J connectivity index is 1.53. The van der Waals surface area contributed by atoms with Gasteiger partial charge < -0.3 is 9.80 Å². The van der Waals surface area contributed by atoms with Crippen LogP contribution in [0.5, 0.6) is 0 Å². The summed E-state index contributed by atoms with van der Waals surface area (Å²) >= 11 is 12.3. The minimum atomic E-state index is -0.500. The molecule has 0 radical (unpaired) electrons. The number of pyridine rings is 1. The van der Waals surface area contributed by atoms with Crippen LogP contribution in [0.2, 0.25) is 10.0 Å². The summed E-state index contributed by atoms with van der Waals surface area (Å²) in [5.41, 5.74) is -0.500. The number of nitrogens with one attached hydrogen (secondary N) is 1. The number of hydrogen-bond donors (Lipinski definition) is 1. The lowest BCUT2D eigenvalue weighted by Crippen LogP contribution is -2.59. The Morgan fingerprint density at radius 3 is 2.76 bits per heavy atom. The van der Waals surface area contributed by atoms with E-state index in [0.29, 0.717) is 29.3 Å². The highest BCUT2D eigenvalue weighted by atomic mass is 35.5. The van der Waals surface area contributed by atoms with Gasteiger partial charge in [0, 0.05) is 25.3 Å². The fourth-order valence-corrected chi connectivity index (χ4v) is 5.04. The first-order valence-corrected chi connectivity index (χ1v) is 9.97. The highest BCUT2D eigenvalue weighted by Gasteiger charge is 2.50. The Morgan fingerprint density at radius 1 is 1.20 bits per heavy atom. The van der Waals surface area contributed by atoms with Gasteiger partial charge >= 0.3 is 0 Å². The summed E-state index contributed by atoms with van der Waals surface area (Å²) in [7, 11) is 0. The highest BCUT2D eigenvalue weighted by molar-refractivity contribution is 6.36. The third-order valence-electron chi connectivity index (χ3n) is 5.85. The van der Waals surface area contributed by atoms with Crippen molar-refractivity contribution >= 4 is 34.9 Å². The summed E-state index contributed by atoms with van der Waals surface area (Å²) < 4.78 is 0. The molecule has 1 atom stereocenters.